The van der Waals surface area contributed by atoms with E-state index in [-0.39, 0.29) is 5.91 Å². The summed E-state index contributed by atoms with van der Waals surface area (Å²) in [6.07, 6.45) is 4.51. The van der Waals surface area contributed by atoms with Crippen LogP contribution in [0.1, 0.15) is 32.6 Å². The molecule has 0 radical (unpaired) electrons. The molecule has 0 aromatic rings. The molecule has 0 aliphatic carbocycles. The molecule has 1 aliphatic rings. The fourth-order valence-corrected chi connectivity index (χ4v) is 1.31. The van der Waals surface area contributed by atoms with Gasteiger partial charge in [-0.25, -0.2) is 0 Å². The monoisotopic (exact) mass is 168 g/mol. The van der Waals surface area contributed by atoms with E-state index in [1.165, 1.54) is 6.42 Å². The maximum absolute atomic E-state index is 11.0. The Balaban J connectivity index is 2.58. The van der Waals surface area contributed by atoms with E-state index in [2.05, 4.69) is 4.99 Å². The molecule has 68 valence electrons. The standard InChI is InChI=1S/C9H16N2O/c1-8(12)11(2)9-6-4-3-5-7-10-9/h3-7H2,1-2H3. The molecule has 0 fully saturated rings. The second kappa shape index (κ2) is 4.24. The van der Waals surface area contributed by atoms with Crippen LogP contribution in [0.4, 0.5) is 0 Å². The molecule has 0 aromatic heterocycles. The number of hydrogen-bond donors (Lipinski definition) is 0. The average molecular weight is 168 g/mol. The molecule has 3 heteroatoms. The Labute approximate surface area is 73.5 Å². The van der Waals surface area contributed by atoms with Gasteiger partial charge in [0.25, 0.3) is 0 Å². The van der Waals surface area contributed by atoms with Crippen molar-refractivity contribution in [2.75, 3.05) is 13.6 Å². The summed E-state index contributed by atoms with van der Waals surface area (Å²) < 4.78 is 0. The minimum Gasteiger partial charge on any atom is -0.304 e. The second-order valence-electron chi connectivity index (χ2n) is 3.19. The zero-order valence-corrected chi connectivity index (χ0v) is 7.84. The molecule has 0 saturated carbocycles. The summed E-state index contributed by atoms with van der Waals surface area (Å²) in [7, 11) is 1.80. The van der Waals surface area contributed by atoms with Crippen molar-refractivity contribution in [1.29, 1.82) is 0 Å². The van der Waals surface area contributed by atoms with Crippen molar-refractivity contribution in [3.05, 3.63) is 0 Å². The van der Waals surface area contributed by atoms with E-state index < -0.39 is 0 Å². The predicted octanol–water partition coefficient (Wildman–Crippen LogP) is 1.44. The molecule has 3 nitrogen and oxygen atoms in total. The molecule has 1 rings (SSSR count). The van der Waals surface area contributed by atoms with E-state index in [0.717, 1.165) is 31.6 Å². The first-order valence-corrected chi connectivity index (χ1v) is 4.49. The Morgan fingerprint density at radius 2 is 2.17 bits per heavy atom. The molecule has 0 bridgehead atoms. The van der Waals surface area contributed by atoms with Crippen molar-refractivity contribution < 1.29 is 4.79 Å². The molecule has 12 heavy (non-hydrogen) atoms. The first kappa shape index (κ1) is 9.23. The van der Waals surface area contributed by atoms with Crippen LogP contribution < -0.4 is 0 Å². The highest BCUT2D eigenvalue weighted by atomic mass is 16.2. The van der Waals surface area contributed by atoms with E-state index in [0.29, 0.717) is 0 Å². The molecule has 1 amide bonds. The number of hydrogen-bond acceptors (Lipinski definition) is 2. The lowest BCUT2D eigenvalue weighted by molar-refractivity contribution is -0.124. The Kier molecular flexibility index (Phi) is 3.26. The summed E-state index contributed by atoms with van der Waals surface area (Å²) in [6.45, 7) is 2.46. The summed E-state index contributed by atoms with van der Waals surface area (Å²) >= 11 is 0. The number of carbonyl (C=O) groups is 1. The minimum atomic E-state index is 0.0793. The molecule has 1 aliphatic heterocycles. The van der Waals surface area contributed by atoms with Crippen LogP contribution in [0.2, 0.25) is 0 Å². The van der Waals surface area contributed by atoms with Crippen LogP contribution in [0.15, 0.2) is 4.99 Å². The Morgan fingerprint density at radius 3 is 2.83 bits per heavy atom. The molecule has 1 heterocycles. The van der Waals surface area contributed by atoms with Crippen molar-refractivity contribution in [2.24, 2.45) is 4.99 Å². The maximum Gasteiger partial charge on any atom is 0.224 e. The van der Waals surface area contributed by atoms with Gasteiger partial charge in [0.2, 0.25) is 5.91 Å². The number of amides is 1. The highest BCUT2D eigenvalue weighted by molar-refractivity contribution is 5.96. The van der Waals surface area contributed by atoms with E-state index >= 15 is 0 Å². The summed E-state index contributed by atoms with van der Waals surface area (Å²) in [4.78, 5) is 17.0. The number of amidine groups is 1. The molecule has 0 aromatic carbocycles. The van der Waals surface area contributed by atoms with E-state index in [1.54, 1.807) is 18.9 Å². The third-order valence-electron chi connectivity index (χ3n) is 2.21. The number of carbonyl (C=O) groups excluding carboxylic acids is 1. The summed E-state index contributed by atoms with van der Waals surface area (Å²) in [5.41, 5.74) is 0. The van der Waals surface area contributed by atoms with Crippen molar-refractivity contribution in [1.82, 2.24) is 4.90 Å². The lowest BCUT2D eigenvalue weighted by atomic mass is 10.2. The molecule has 0 saturated heterocycles. The fraction of sp³-hybridized carbons (Fsp3) is 0.778. The zero-order chi connectivity index (χ0) is 8.97. The first-order chi connectivity index (χ1) is 5.72. The van der Waals surface area contributed by atoms with Gasteiger partial charge in [-0.1, -0.05) is 6.42 Å². The summed E-state index contributed by atoms with van der Waals surface area (Å²) in [6, 6.07) is 0. The van der Waals surface area contributed by atoms with E-state index in [4.69, 9.17) is 0 Å². The van der Waals surface area contributed by atoms with Gasteiger partial charge in [-0.2, -0.15) is 0 Å². The van der Waals surface area contributed by atoms with Crippen molar-refractivity contribution >= 4 is 11.7 Å². The van der Waals surface area contributed by atoms with Gasteiger partial charge in [-0.3, -0.25) is 9.79 Å². The number of aliphatic imine (C=N–C) groups is 1. The minimum absolute atomic E-state index is 0.0793. The third-order valence-corrected chi connectivity index (χ3v) is 2.21. The normalized spacial score (nSPS) is 18.0. The molecule has 0 atom stereocenters. The van der Waals surface area contributed by atoms with Crippen LogP contribution in [0.25, 0.3) is 0 Å². The fourth-order valence-electron chi connectivity index (χ4n) is 1.31. The van der Waals surface area contributed by atoms with E-state index in [9.17, 15) is 4.79 Å². The highest BCUT2D eigenvalue weighted by Gasteiger charge is 2.11. The third kappa shape index (κ3) is 2.32. The molecule has 0 spiro atoms. The smallest absolute Gasteiger partial charge is 0.224 e. The van der Waals surface area contributed by atoms with E-state index in [1.807, 2.05) is 0 Å². The van der Waals surface area contributed by atoms with Crippen LogP contribution in [-0.4, -0.2) is 30.2 Å². The van der Waals surface area contributed by atoms with Crippen LogP contribution in [0.3, 0.4) is 0 Å². The van der Waals surface area contributed by atoms with Crippen LogP contribution in [0, 0.1) is 0 Å². The molecular formula is C9H16N2O. The van der Waals surface area contributed by atoms with Gasteiger partial charge in [-0.05, 0) is 12.8 Å². The van der Waals surface area contributed by atoms with Gasteiger partial charge < -0.3 is 4.90 Å². The average Bonchev–Trinajstić information content (AvgIpc) is 2.30. The first-order valence-electron chi connectivity index (χ1n) is 4.49. The van der Waals surface area contributed by atoms with Gasteiger partial charge in [0.15, 0.2) is 0 Å². The van der Waals surface area contributed by atoms with Crippen molar-refractivity contribution in [2.45, 2.75) is 32.6 Å². The van der Waals surface area contributed by atoms with Crippen molar-refractivity contribution in [3.63, 3.8) is 0 Å². The van der Waals surface area contributed by atoms with Crippen LogP contribution in [-0.2, 0) is 4.79 Å². The van der Waals surface area contributed by atoms with Gasteiger partial charge in [-0.15, -0.1) is 0 Å². The van der Waals surface area contributed by atoms with Gasteiger partial charge >= 0.3 is 0 Å². The van der Waals surface area contributed by atoms with Gasteiger partial charge in [0, 0.05) is 26.9 Å². The van der Waals surface area contributed by atoms with Crippen LogP contribution >= 0.6 is 0 Å². The number of nitrogens with zero attached hydrogens (tertiary/aromatic N) is 2. The largest absolute Gasteiger partial charge is 0.304 e. The Hall–Kier alpha value is -0.860. The quantitative estimate of drug-likeness (QED) is 0.538. The highest BCUT2D eigenvalue weighted by Crippen LogP contribution is 2.09. The summed E-state index contributed by atoms with van der Waals surface area (Å²) in [5.74, 6) is 1.04. The Bertz CT molecular complexity index is 199. The lowest BCUT2D eigenvalue weighted by Gasteiger charge is -2.16. The SMILES string of the molecule is CC(=O)N(C)C1=NCCCCC1. The lowest BCUT2D eigenvalue weighted by Crippen LogP contribution is -2.30. The molecule has 0 N–H and O–H groups in total. The van der Waals surface area contributed by atoms with Crippen molar-refractivity contribution in [3.8, 4) is 0 Å². The Morgan fingerprint density at radius 1 is 1.42 bits per heavy atom. The predicted molar refractivity (Wildman–Crippen MR) is 49.2 cm³/mol. The summed E-state index contributed by atoms with van der Waals surface area (Å²) in [5, 5.41) is 0. The second-order valence-corrected chi connectivity index (χ2v) is 3.19. The van der Waals surface area contributed by atoms with Crippen LogP contribution in [0.5, 0.6) is 0 Å². The molecule has 0 unspecified atom stereocenters. The number of rotatable bonds is 0. The van der Waals surface area contributed by atoms with Gasteiger partial charge in [0.05, 0.1) is 0 Å². The topological polar surface area (TPSA) is 32.7 Å². The van der Waals surface area contributed by atoms with Gasteiger partial charge in [0.1, 0.15) is 5.84 Å². The maximum atomic E-state index is 11.0. The molecular weight excluding hydrogens is 152 g/mol. The zero-order valence-electron chi connectivity index (χ0n) is 7.84.